The van der Waals surface area contributed by atoms with Crippen molar-refractivity contribution in [3.8, 4) is 0 Å². The van der Waals surface area contributed by atoms with Crippen LogP contribution in [-0.4, -0.2) is 21.0 Å². The van der Waals surface area contributed by atoms with Crippen molar-refractivity contribution < 1.29 is 14.8 Å². The molecule has 0 radical (unpaired) electrons. The summed E-state index contributed by atoms with van der Waals surface area (Å²) in [6, 6.07) is 4.64. The number of nitrogens with one attached hydrogen (secondary N) is 1. The largest absolute Gasteiger partial charge is 0.481 e. The average Bonchev–Trinajstić information content (AvgIpc) is 2.82. The zero-order valence-electron chi connectivity index (χ0n) is 10.4. The number of aromatic nitrogens is 1. The van der Waals surface area contributed by atoms with Gasteiger partial charge in [-0.2, -0.15) is 0 Å². The first-order valence-electron chi connectivity index (χ1n) is 6.03. The van der Waals surface area contributed by atoms with Crippen molar-refractivity contribution in [3.63, 3.8) is 0 Å². The van der Waals surface area contributed by atoms with Crippen molar-refractivity contribution in [1.29, 1.82) is 0 Å². The Bertz CT molecular complexity index is 633. The number of H-pyrrole nitrogens is 1. The first-order chi connectivity index (χ1) is 9.06. The minimum atomic E-state index is -1.03. The molecule has 0 saturated carbocycles. The molecule has 2 aromatic rings. The highest BCUT2D eigenvalue weighted by atomic mass is 16.6. The van der Waals surface area contributed by atoms with Gasteiger partial charge in [-0.1, -0.05) is 13.3 Å². The van der Waals surface area contributed by atoms with Crippen LogP contribution >= 0.6 is 0 Å². The monoisotopic (exact) mass is 262 g/mol. The molecule has 1 unspecified atom stereocenters. The van der Waals surface area contributed by atoms with Crippen molar-refractivity contribution in [2.75, 3.05) is 0 Å². The summed E-state index contributed by atoms with van der Waals surface area (Å²) < 4.78 is 0. The molecule has 0 spiro atoms. The van der Waals surface area contributed by atoms with Crippen LogP contribution in [0.1, 0.15) is 31.2 Å². The lowest BCUT2D eigenvalue weighted by molar-refractivity contribution is -0.385. The summed E-state index contributed by atoms with van der Waals surface area (Å²) in [4.78, 5) is 24.9. The Morgan fingerprint density at radius 3 is 2.79 bits per heavy atom. The molecule has 0 amide bonds. The van der Waals surface area contributed by atoms with Gasteiger partial charge < -0.3 is 10.1 Å². The lowest BCUT2D eigenvalue weighted by Crippen LogP contribution is -2.13. The number of hydrogen-bond donors (Lipinski definition) is 2. The molecular weight excluding hydrogens is 248 g/mol. The smallest absolute Gasteiger partial charge is 0.311 e. The summed E-state index contributed by atoms with van der Waals surface area (Å²) in [5.41, 5.74) is 0.869. The second kappa shape index (κ2) is 5.09. The number of aliphatic carboxylic acids is 1. The van der Waals surface area contributed by atoms with Crippen LogP contribution < -0.4 is 0 Å². The summed E-state index contributed by atoms with van der Waals surface area (Å²) in [6.45, 7) is 1.86. The Hall–Kier alpha value is -2.37. The van der Waals surface area contributed by atoms with Gasteiger partial charge in [0.1, 0.15) is 0 Å². The summed E-state index contributed by atoms with van der Waals surface area (Å²) in [5.74, 6) is -1.89. The van der Waals surface area contributed by atoms with Crippen molar-refractivity contribution in [1.82, 2.24) is 4.98 Å². The molecule has 2 N–H and O–H groups in total. The molecule has 1 atom stereocenters. The van der Waals surface area contributed by atoms with Gasteiger partial charge in [-0.25, -0.2) is 0 Å². The van der Waals surface area contributed by atoms with Crippen LogP contribution in [0.2, 0.25) is 0 Å². The summed E-state index contributed by atoms with van der Waals surface area (Å²) in [6.07, 6.45) is 2.68. The van der Waals surface area contributed by atoms with E-state index in [9.17, 15) is 20.0 Å². The van der Waals surface area contributed by atoms with Crippen LogP contribution in [0, 0.1) is 10.1 Å². The van der Waals surface area contributed by atoms with Gasteiger partial charge in [0.25, 0.3) is 5.69 Å². The van der Waals surface area contributed by atoms with Crippen molar-refractivity contribution in [2.45, 2.75) is 25.7 Å². The third kappa shape index (κ3) is 2.29. The van der Waals surface area contributed by atoms with E-state index in [1.165, 1.54) is 6.07 Å². The molecule has 1 aromatic carbocycles. The van der Waals surface area contributed by atoms with Crippen LogP contribution in [0.25, 0.3) is 10.9 Å². The maximum atomic E-state index is 11.4. The number of nitrogens with zero attached hydrogens (tertiary/aromatic N) is 1. The van der Waals surface area contributed by atoms with E-state index >= 15 is 0 Å². The van der Waals surface area contributed by atoms with Crippen LogP contribution in [0.3, 0.4) is 0 Å². The predicted molar refractivity (Wildman–Crippen MR) is 70.2 cm³/mol. The zero-order chi connectivity index (χ0) is 14.0. The maximum absolute atomic E-state index is 11.4. The molecule has 0 aliphatic heterocycles. The number of hydrogen-bond acceptors (Lipinski definition) is 3. The molecule has 6 nitrogen and oxygen atoms in total. The highest BCUT2D eigenvalue weighted by Crippen LogP contribution is 2.36. The topological polar surface area (TPSA) is 96.2 Å². The lowest BCUT2D eigenvalue weighted by Gasteiger charge is -2.13. The number of carbonyl (C=O) groups is 1. The fraction of sp³-hybridized carbons (Fsp3) is 0.308. The maximum Gasteiger partial charge on any atom is 0.311 e. The first kappa shape index (κ1) is 13.1. The van der Waals surface area contributed by atoms with E-state index in [-0.39, 0.29) is 11.3 Å². The van der Waals surface area contributed by atoms with E-state index in [2.05, 4.69) is 4.98 Å². The molecule has 0 aliphatic rings. The molecule has 0 aliphatic carbocycles. The minimum Gasteiger partial charge on any atom is -0.481 e. The number of nitro benzene ring substituents is 1. The van der Waals surface area contributed by atoms with Gasteiger partial charge in [-0.05, 0) is 18.6 Å². The van der Waals surface area contributed by atoms with Gasteiger partial charge in [0.05, 0.1) is 16.4 Å². The average molecular weight is 262 g/mol. The fourth-order valence-corrected chi connectivity index (χ4v) is 2.35. The number of rotatable bonds is 5. The zero-order valence-corrected chi connectivity index (χ0v) is 10.4. The van der Waals surface area contributed by atoms with E-state index < -0.39 is 16.8 Å². The van der Waals surface area contributed by atoms with Crippen molar-refractivity contribution >= 4 is 22.6 Å². The molecule has 1 aromatic heterocycles. The molecule has 1 heterocycles. The summed E-state index contributed by atoms with van der Waals surface area (Å²) in [5, 5.41) is 21.1. The second-order valence-corrected chi connectivity index (χ2v) is 4.37. The first-order valence-corrected chi connectivity index (χ1v) is 6.03. The molecule has 6 heteroatoms. The van der Waals surface area contributed by atoms with E-state index in [1.54, 1.807) is 18.3 Å². The van der Waals surface area contributed by atoms with Gasteiger partial charge in [0.2, 0.25) is 0 Å². The van der Waals surface area contributed by atoms with Crippen molar-refractivity contribution in [3.05, 3.63) is 40.1 Å². The number of nitro groups is 1. The molecule has 2 rings (SSSR count). The number of fused-ring (bicyclic) bond motifs is 1. The highest BCUT2D eigenvalue weighted by molar-refractivity contribution is 5.92. The van der Waals surface area contributed by atoms with Gasteiger partial charge >= 0.3 is 5.97 Å². The Morgan fingerprint density at radius 2 is 2.21 bits per heavy atom. The Kier molecular flexibility index (Phi) is 3.50. The standard InChI is InChI=1S/C13H14N2O4/c1-2-3-9(13(16)17)12-8-6-7-14-10(8)4-5-11(12)15(18)19/h4-7,9,14H,2-3H2,1H3,(H,16,17). The summed E-state index contributed by atoms with van der Waals surface area (Å²) >= 11 is 0. The quantitative estimate of drug-likeness (QED) is 0.639. The third-order valence-electron chi connectivity index (χ3n) is 3.17. The van der Waals surface area contributed by atoms with Gasteiger partial charge in [-0.3, -0.25) is 14.9 Å². The van der Waals surface area contributed by atoms with Crippen LogP contribution in [0.5, 0.6) is 0 Å². The minimum absolute atomic E-state index is 0.132. The van der Waals surface area contributed by atoms with E-state index in [0.29, 0.717) is 23.7 Å². The van der Waals surface area contributed by atoms with E-state index in [4.69, 9.17) is 0 Å². The molecule has 0 fully saturated rings. The number of carboxylic acid groups (broad SMARTS) is 1. The Morgan fingerprint density at radius 1 is 1.47 bits per heavy atom. The lowest BCUT2D eigenvalue weighted by atomic mass is 9.90. The van der Waals surface area contributed by atoms with Crippen molar-refractivity contribution in [2.24, 2.45) is 0 Å². The normalized spacial score (nSPS) is 12.5. The van der Waals surface area contributed by atoms with Gasteiger partial charge in [0.15, 0.2) is 0 Å². The van der Waals surface area contributed by atoms with Crippen LogP contribution in [0.15, 0.2) is 24.4 Å². The Balaban J connectivity index is 2.72. The van der Waals surface area contributed by atoms with Crippen LogP contribution in [-0.2, 0) is 4.79 Å². The van der Waals surface area contributed by atoms with Gasteiger partial charge in [0, 0.05) is 23.2 Å². The van der Waals surface area contributed by atoms with Gasteiger partial charge in [-0.15, -0.1) is 0 Å². The molecule has 100 valence electrons. The van der Waals surface area contributed by atoms with Crippen LogP contribution in [0.4, 0.5) is 5.69 Å². The number of benzene rings is 1. The molecule has 0 saturated heterocycles. The number of carboxylic acids is 1. The van der Waals surface area contributed by atoms with E-state index in [0.717, 1.165) is 0 Å². The van der Waals surface area contributed by atoms with E-state index in [1.807, 2.05) is 6.92 Å². The second-order valence-electron chi connectivity index (χ2n) is 4.37. The predicted octanol–water partition coefficient (Wildman–Crippen LogP) is 3.04. The highest BCUT2D eigenvalue weighted by Gasteiger charge is 2.29. The molecule has 19 heavy (non-hydrogen) atoms. The third-order valence-corrected chi connectivity index (χ3v) is 3.17. The molecule has 0 bridgehead atoms. The molecular formula is C13H14N2O4. The SMILES string of the molecule is CCCC(C(=O)O)c1c([N+](=O)[O-])ccc2[nH]ccc12. The fourth-order valence-electron chi connectivity index (χ4n) is 2.35. The number of aromatic amines is 1. The summed E-state index contributed by atoms with van der Waals surface area (Å²) in [7, 11) is 0. The Labute approximate surface area is 109 Å².